The van der Waals surface area contributed by atoms with Crippen molar-refractivity contribution >= 4 is 12.6 Å². The number of hydrogen-bond acceptors (Lipinski definition) is 2. The molecule has 0 radical (unpaired) electrons. The molecule has 0 aromatic heterocycles. The first-order chi connectivity index (χ1) is 28.5. The van der Waals surface area contributed by atoms with Gasteiger partial charge in [0.15, 0.2) is 93.0 Å². The van der Waals surface area contributed by atoms with Crippen molar-refractivity contribution in [2.24, 2.45) is 0 Å². The molecule has 0 amide bonds. The maximum Gasteiger partial charge on any atom is 0.636 e. The molecule has 0 bridgehead atoms. The van der Waals surface area contributed by atoms with Gasteiger partial charge >= 0.3 is 13.0 Å². The van der Waals surface area contributed by atoms with E-state index in [9.17, 15) is 39.5 Å². The first kappa shape index (κ1) is 42.6. The Labute approximate surface area is 323 Å². The molecule has 316 valence electrons. The van der Waals surface area contributed by atoms with Crippen LogP contribution in [0, 0.1) is 111 Å². The summed E-state index contributed by atoms with van der Waals surface area (Å²) < 4.78 is 326. The Morgan fingerprint density at radius 3 is 1.39 bits per heavy atom. The van der Waals surface area contributed by atoms with E-state index in [0.717, 1.165) is 12.1 Å². The van der Waals surface area contributed by atoms with Gasteiger partial charge in [-0.3, -0.25) is 0 Å². The van der Waals surface area contributed by atoms with Crippen molar-refractivity contribution in [2.75, 3.05) is 0 Å². The van der Waals surface area contributed by atoms with Crippen LogP contribution in [0.3, 0.4) is 0 Å². The molecule has 0 atom stereocenters. The molecule has 0 spiro atoms. The van der Waals surface area contributed by atoms with Gasteiger partial charge in [-0.2, -0.15) is 13.2 Å². The van der Waals surface area contributed by atoms with Gasteiger partial charge in [-0.1, -0.05) is 18.2 Å². The monoisotopic (exact) mass is 892 g/mol. The SMILES string of the molecule is Fc1cc(F)c(F)c(-c2ccccc2OB(Oc2c(F)c(F)c(F)c(F)c2-c2c(F)c(F)c(F)c(F)c2F)c2c(F)c(F)c(F)c3c2C(F)(F)c2c(F)c(F)c(F)c(F)c2-3)c1. The maximum absolute atomic E-state index is 16.3. The summed E-state index contributed by atoms with van der Waals surface area (Å²) in [6.45, 7) is 0. The second-order valence-corrected chi connectivity index (χ2v) is 12.4. The largest absolute Gasteiger partial charge is 0.636 e. The number of benzene rings is 6. The zero-order valence-corrected chi connectivity index (χ0v) is 28.3. The van der Waals surface area contributed by atoms with Gasteiger partial charge in [0.05, 0.1) is 22.2 Å². The van der Waals surface area contributed by atoms with Gasteiger partial charge in [-0.05, 0) is 12.1 Å². The Hall–Kier alpha value is -6.49. The lowest BCUT2D eigenvalue weighted by Gasteiger charge is -2.25. The predicted molar refractivity (Wildman–Crippen MR) is 164 cm³/mol. The Morgan fingerprint density at radius 1 is 0.377 bits per heavy atom. The minimum atomic E-state index is -5.71. The maximum atomic E-state index is 16.3. The van der Waals surface area contributed by atoms with E-state index in [2.05, 4.69) is 0 Å². The summed E-state index contributed by atoms with van der Waals surface area (Å²) in [5.41, 5.74) is -20.7. The van der Waals surface area contributed by atoms with Crippen LogP contribution in [0.4, 0.5) is 92.2 Å². The summed E-state index contributed by atoms with van der Waals surface area (Å²) in [4.78, 5) is 0. The summed E-state index contributed by atoms with van der Waals surface area (Å²) in [6, 6.07) is 2.87. The molecular formula is C37H6BF21O2. The standard InChI is InChI=1S/C37H6BF21O2/c39-7-5-9(19(41)10(40)6-7)8-3-1-2-4-11(8)60-38(61-36-15(24(46)31(53)34(56)35(36)57)14-22(44)29(51)33(55)30(52)23(14)45)18-16-12(20(42)27(49)26(18)48)13-17(37(16,58)59)25(47)32(54)28(50)21(13)43/h1-6H. The fraction of sp³-hybridized carbons (Fsp3) is 0.0270. The molecule has 61 heavy (non-hydrogen) atoms. The van der Waals surface area contributed by atoms with E-state index >= 15 is 52.7 Å². The molecule has 1 aliphatic rings. The van der Waals surface area contributed by atoms with Crippen LogP contribution in [-0.4, -0.2) is 7.12 Å². The highest BCUT2D eigenvalue weighted by atomic mass is 19.3. The van der Waals surface area contributed by atoms with Gasteiger partial charge in [-0.25, -0.2) is 79.0 Å². The summed E-state index contributed by atoms with van der Waals surface area (Å²) in [5, 5.41) is 0. The average Bonchev–Trinajstić information content (AvgIpc) is 3.47. The minimum Gasteiger partial charge on any atom is -0.521 e. The lowest BCUT2D eigenvalue weighted by Crippen LogP contribution is -2.49. The van der Waals surface area contributed by atoms with Crippen LogP contribution in [0.25, 0.3) is 33.4 Å². The van der Waals surface area contributed by atoms with Gasteiger partial charge in [0, 0.05) is 33.9 Å². The summed E-state index contributed by atoms with van der Waals surface area (Å²) >= 11 is 0. The average molecular weight is 892 g/mol. The van der Waals surface area contributed by atoms with Gasteiger partial charge in [0.2, 0.25) is 17.5 Å². The van der Waals surface area contributed by atoms with E-state index in [4.69, 9.17) is 9.31 Å². The molecule has 0 unspecified atom stereocenters. The van der Waals surface area contributed by atoms with Crippen LogP contribution in [0.5, 0.6) is 11.5 Å². The van der Waals surface area contributed by atoms with Crippen LogP contribution in [0.1, 0.15) is 11.1 Å². The van der Waals surface area contributed by atoms with Crippen molar-refractivity contribution in [2.45, 2.75) is 5.92 Å². The van der Waals surface area contributed by atoms with Crippen molar-refractivity contribution < 1.29 is 102 Å². The zero-order valence-electron chi connectivity index (χ0n) is 28.3. The van der Waals surface area contributed by atoms with E-state index in [-0.39, 0.29) is 12.1 Å². The normalized spacial score (nSPS) is 12.8. The summed E-state index contributed by atoms with van der Waals surface area (Å²) in [7, 11) is -3.98. The van der Waals surface area contributed by atoms with Crippen molar-refractivity contribution in [3.05, 3.63) is 158 Å². The van der Waals surface area contributed by atoms with Crippen molar-refractivity contribution in [1.29, 1.82) is 0 Å². The highest BCUT2D eigenvalue weighted by molar-refractivity contribution is 6.64. The fourth-order valence-corrected chi connectivity index (χ4v) is 6.42. The third kappa shape index (κ3) is 6.11. The van der Waals surface area contributed by atoms with E-state index < -0.39 is 185 Å². The molecule has 0 saturated heterocycles. The van der Waals surface area contributed by atoms with Crippen LogP contribution in [0.15, 0.2) is 36.4 Å². The second-order valence-electron chi connectivity index (χ2n) is 12.4. The number of fused-ring (bicyclic) bond motifs is 3. The number of hydrogen-bond donors (Lipinski definition) is 0. The molecule has 0 saturated carbocycles. The number of rotatable bonds is 7. The van der Waals surface area contributed by atoms with Crippen molar-refractivity contribution in [3.63, 3.8) is 0 Å². The molecule has 0 heterocycles. The number of halogens is 21. The number of para-hydroxylation sites is 1. The second kappa shape index (κ2) is 14.6. The predicted octanol–water partition coefficient (Wildman–Crippen LogP) is 11.6. The molecule has 6 aromatic rings. The van der Waals surface area contributed by atoms with E-state index in [0.29, 0.717) is 12.1 Å². The Balaban J connectivity index is 1.62. The number of alkyl halides is 2. The van der Waals surface area contributed by atoms with Gasteiger partial charge in [-0.15, -0.1) is 0 Å². The molecule has 0 fully saturated rings. The molecule has 1 aliphatic carbocycles. The minimum absolute atomic E-state index is 0.0425. The van der Waals surface area contributed by atoms with Gasteiger partial charge in [0.25, 0.3) is 0 Å². The third-order valence-electron chi connectivity index (χ3n) is 9.05. The first-order valence-electron chi connectivity index (χ1n) is 15.9. The van der Waals surface area contributed by atoms with Crippen LogP contribution in [0.2, 0.25) is 0 Å². The fourth-order valence-electron chi connectivity index (χ4n) is 6.42. The van der Waals surface area contributed by atoms with E-state index in [1.54, 1.807) is 0 Å². The molecule has 0 N–H and O–H groups in total. The van der Waals surface area contributed by atoms with E-state index in [1.165, 1.54) is 0 Å². The molecule has 24 heteroatoms. The van der Waals surface area contributed by atoms with Crippen LogP contribution >= 0.6 is 0 Å². The Kier molecular flexibility index (Phi) is 10.2. The van der Waals surface area contributed by atoms with Gasteiger partial charge < -0.3 is 9.31 Å². The molecule has 0 aliphatic heterocycles. The molecule has 6 aromatic carbocycles. The first-order valence-corrected chi connectivity index (χ1v) is 15.9. The highest BCUT2D eigenvalue weighted by Gasteiger charge is 2.57. The highest BCUT2D eigenvalue weighted by Crippen LogP contribution is 2.55. The summed E-state index contributed by atoms with van der Waals surface area (Å²) in [5.74, 6) is -64.7. The molecular weight excluding hydrogens is 886 g/mol. The van der Waals surface area contributed by atoms with Gasteiger partial charge in [0.1, 0.15) is 11.6 Å². The summed E-state index contributed by atoms with van der Waals surface area (Å²) in [6.07, 6.45) is 0. The Bertz CT molecular complexity index is 2890. The smallest absolute Gasteiger partial charge is 0.521 e. The zero-order chi connectivity index (χ0) is 45.1. The van der Waals surface area contributed by atoms with Crippen molar-refractivity contribution in [3.8, 4) is 44.9 Å². The third-order valence-corrected chi connectivity index (χ3v) is 9.05. The Morgan fingerprint density at radius 2 is 0.820 bits per heavy atom. The lowest BCUT2D eigenvalue weighted by atomic mass is 9.72. The quantitative estimate of drug-likeness (QED) is 0.0688. The van der Waals surface area contributed by atoms with Crippen LogP contribution in [-0.2, 0) is 5.92 Å². The molecule has 2 nitrogen and oxygen atoms in total. The van der Waals surface area contributed by atoms with E-state index in [1.807, 2.05) is 0 Å². The topological polar surface area (TPSA) is 18.5 Å². The van der Waals surface area contributed by atoms with Crippen molar-refractivity contribution in [1.82, 2.24) is 0 Å². The lowest BCUT2D eigenvalue weighted by molar-refractivity contribution is 0.0433. The molecule has 7 rings (SSSR count). The van der Waals surface area contributed by atoms with Crippen LogP contribution < -0.4 is 14.8 Å².